The minimum absolute atomic E-state index is 0.389. The van der Waals surface area contributed by atoms with Crippen LogP contribution < -0.4 is 0 Å². The van der Waals surface area contributed by atoms with Crippen molar-refractivity contribution >= 4 is 27.5 Å². The molecule has 0 radical (unpaired) electrons. The van der Waals surface area contributed by atoms with Crippen LogP contribution in [0.5, 0.6) is 0 Å². The first-order valence-electron chi connectivity index (χ1n) is 5.92. The quantitative estimate of drug-likeness (QED) is 0.789. The number of hydrogen-bond acceptors (Lipinski definition) is 2. The molecular weight excluding hydrogens is 314 g/mol. The normalized spacial score (nSPS) is 10.9. The highest BCUT2D eigenvalue weighted by atomic mass is 79.9. The smallest absolute Gasteiger partial charge is 0.164 e. The topological polar surface area (TPSA) is 30.7 Å². The molecule has 0 atom stereocenters. The van der Waals surface area contributed by atoms with Gasteiger partial charge in [-0.3, -0.25) is 0 Å². The minimum Gasteiger partial charge on any atom is -0.310 e. The predicted molar refractivity (Wildman–Crippen MR) is 77.7 cm³/mol. The van der Waals surface area contributed by atoms with Gasteiger partial charge >= 0.3 is 0 Å². The van der Waals surface area contributed by atoms with Crippen molar-refractivity contribution in [3.05, 3.63) is 34.1 Å². The van der Waals surface area contributed by atoms with E-state index < -0.39 is 0 Å². The van der Waals surface area contributed by atoms with Crippen molar-refractivity contribution in [3.8, 4) is 11.4 Å². The summed E-state index contributed by atoms with van der Waals surface area (Å²) in [6.07, 6.45) is 1.03. The maximum Gasteiger partial charge on any atom is 0.164 e. The molecule has 96 valence electrons. The Balaban J connectivity index is 2.56. The zero-order valence-corrected chi connectivity index (χ0v) is 12.8. The van der Waals surface area contributed by atoms with Gasteiger partial charge in [0.05, 0.1) is 5.88 Å². The summed E-state index contributed by atoms with van der Waals surface area (Å²) in [6.45, 7) is 5.10. The molecule has 0 spiro atoms. The van der Waals surface area contributed by atoms with Crippen molar-refractivity contribution in [1.82, 2.24) is 14.8 Å². The fourth-order valence-electron chi connectivity index (χ4n) is 1.93. The Morgan fingerprint density at radius 2 is 2.11 bits per heavy atom. The molecule has 1 aromatic heterocycles. The minimum atomic E-state index is 0.389. The molecule has 0 aliphatic rings. The Kier molecular flexibility index (Phi) is 4.40. The Bertz CT molecular complexity index is 551. The van der Waals surface area contributed by atoms with Crippen LogP contribution >= 0.6 is 27.5 Å². The molecule has 1 aromatic carbocycles. The molecule has 0 aliphatic carbocycles. The fourth-order valence-corrected chi connectivity index (χ4v) is 2.49. The van der Waals surface area contributed by atoms with E-state index in [1.54, 1.807) is 0 Å². The van der Waals surface area contributed by atoms with Crippen LogP contribution in [-0.2, 0) is 12.4 Å². The zero-order chi connectivity index (χ0) is 13.1. The number of alkyl halides is 1. The highest BCUT2D eigenvalue weighted by Gasteiger charge is 2.14. The summed E-state index contributed by atoms with van der Waals surface area (Å²) in [4.78, 5) is 0. The van der Waals surface area contributed by atoms with E-state index in [9.17, 15) is 0 Å². The van der Waals surface area contributed by atoms with Crippen LogP contribution in [0.25, 0.3) is 11.4 Å². The molecule has 0 bridgehead atoms. The number of halogens is 2. The average molecular weight is 329 g/mol. The first kappa shape index (κ1) is 13.6. The van der Waals surface area contributed by atoms with Crippen LogP contribution in [-0.4, -0.2) is 14.8 Å². The summed E-state index contributed by atoms with van der Waals surface area (Å²) in [5, 5.41) is 8.45. The van der Waals surface area contributed by atoms with Gasteiger partial charge in [0.25, 0.3) is 0 Å². The van der Waals surface area contributed by atoms with Gasteiger partial charge in [-0.1, -0.05) is 28.9 Å². The van der Waals surface area contributed by atoms with E-state index in [0.29, 0.717) is 5.88 Å². The third-order valence-corrected chi connectivity index (χ3v) is 3.57. The molecule has 18 heavy (non-hydrogen) atoms. The lowest BCUT2D eigenvalue weighted by Gasteiger charge is -2.10. The van der Waals surface area contributed by atoms with E-state index in [1.165, 1.54) is 5.56 Å². The Morgan fingerprint density at radius 1 is 1.33 bits per heavy atom. The number of nitrogens with zero attached hydrogens (tertiary/aromatic N) is 3. The van der Waals surface area contributed by atoms with Crippen LogP contribution in [0.1, 0.15) is 24.7 Å². The molecule has 2 aromatic rings. The molecule has 0 N–H and O–H groups in total. The molecule has 3 nitrogen and oxygen atoms in total. The van der Waals surface area contributed by atoms with E-state index >= 15 is 0 Å². The highest BCUT2D eigenvalue weighted by Crippen LogP contribution is 2.26. The van der Waals surface area contributed by atoms with Crippen LogP contribution in [0.3, 0.4) is 0 Å². The van der Waals surface area contributed by atoms with E-state index in [-0.39, 0.29) is 0 Å². The molecule has 0 saturated carbocycles. The largest absolute Gasteiger partial charge is 0.310 e. The van der Waals surface area contributed by atoms with Crippen molar-refractivity contribution in [3.63, 3.8) is 0 Å². The summed E-state index contributed by atoms with van der Waals surface area (Å²) < 4.78 is 3.14. The van der Waals surface area contributed by atoms with Crippen LogP contribution in [0.15, 0.2) is 22.7 Å². The molecule has 0 amide bonds. The number of benzene rings is 1. The molecule has 5 heteroatoms. The van der Waals surface area contributed by atoms with Crippen molar-refractivity contribution in [1.29, 1.82) is 0 Å². The van der Waals surface area contributed by atoms with Gasteiger partial charge in [-0.2, -0.15) is 0 Å². The van der Waals surface area contributed by atoms with E-state index in [2.05, 4.69) is 56.7 Å². The van der Waals surface area contributed by atoms with E-state index in [0.717, 1.165) is 34.7 Å². The molecule has 0 unspecified atom stereocenters. The van der Waals surface area contributed by atoms with Crippen LogP contribution in [0, 0.1) is 6.92 Å². The lowest BCUT2D eigenvalue weighted by molar-refractivity contribution is 0.659. The number of aryl methyl sites for hydroxylation is 1. The van der Waals surface area contributed by atoms with Gasteiger partial charge in [-0.15, -0.1) is 21.8 Å². The van der Waals surface area contributed by atoms with E-state index in [4.69, 9.17) is 11.6 Å². The van der Waals surface area contributed by atoms with Gasteiger partial charge in [-0.25, -0.2) is 0 Å². The predicted octanol–water partition coefficient (Wildman–Crippen LogP) is 4.16. The third-order valence-electron chi connectivity index (χ3n) is 2.83. The van der Waals surface area contributed by atoms with Crippen molar-refractivity contribution < 1.29 is 0 Å². The Labute approximate surface area is 120 Å². The summed E-state index contributed by atoms with van der Waals surface area (Å²) in [7, 11) is 0. The number of hydrogen-bond donors (Lipinski definition) is 0. The molecule has 0 saturated heterocycles. The second-order valence-corrected chi connectivity index (χ2v) is 5.37. The van der Waals surface area contributed by atoms with Gasteiger partial charge in [0, 0.05) is 16.6 Å². The average Bonchev–Trinajstić information content (AvgIpc) is 2.76. The van der Waals surface area contributed by atoms with Gasteiger partial charge in [0.1, 0.15) is 5.82 Å². The fraction of sp³-hybridized carbons (Fsp3) is 0.385. The Hall–Kier alpha value is -0.870. The monoisotopic (exact) mass is 327 g/mol. The van der Waals surface area contributed by atoms with Crippen LogP contribution in [0.4, 0.5) is 0 Å². The molecule has 1 heterocycles. The SMILES string of the molecule is CCCn1c(CCl)nnc1-c1cc(Br)ccc1C. The maximum atomic E-state index is 5.91. The summed E-state index contributed by atoms with van der Waals surface area (Å²) >= 11 is 9.40. The van der Waals surface area contributed by atoms with E-state index in [1.807, 2.05) is 6.07 Å². The first-order chi connectivity index (χ1) is 8.67. The number of aromatic nitrogens is 3. The molecule has 0 fully saturated rings. The van der Waals surface area contributed by atoms with Crippen LogP contribution in [0.2, 0.25) is 0 Å². The second-order valence-electron chi connectivity index (χ2n) is 4.18. The first-order valence-corrected chi connectivity index (χ1v) is 7.24. The summed E-state index contributed by atoms with van der Waals surface area (Å²) in [5.74, 6) is 2.11. The standard InChI is InChI=1S/C13H15BrClN3/c1-3-6-18-12(8-15)16-17-13(18)11-7-10(14)5-4-9(11)2/h4-5,7H,3,6,8H2,1-2H3. The third kappa shape index (κ3) is 2.59. The molecular formula is C13H15BrClN3. The second kappa shape index (κ2) is 5.85. The zero-order valence-electron chi connectivity index (χ0n) is 10.5. The lowest BCUT2D eigenvalue weighted by Crippen LogP contribution is -2.04. The summed E-state index contributed by atoms with van der Waals surface area (Å²) in [5.41, 5.74) is 2.28. The molecule has 2 rings (SSSR count). The van der Waals surface area contributed by atoms with Crippen molar-refractivity contribution in [2.45, 2.75) is 32.7 Å². The molecule has 0 aliphatic heterocycles. The van der Waals surface area contributed by atoms with Crippen molar-refractivity contribution in [2.24, 2.45) is 0 Å². The highest BCUT2D eigenvalue weighted by molar-refractivity contribution is 9.10. The van der Waals surface area contributed by atoms with Gasteiger partial charge in [-0.05, 0) is 31.0 Å². The number of rotatable bonds is 4. The summed E-state index contributed by atoms with van der Waals surface area (Å²) in [6, 6.07) is 6.18. The van der Waals surface area contributed by atoms with Crippen molar-refractivity contribution in [2.75, 3.05) is 0 Å². The van der Waals surface area contributed by atoms with Gasteiger partial charge < -0.3 is 4.57 Å². The van der Waals surface area contributed by atoms with Gasteiger partial charge in [0.2, 0.25) is 0 Å². The Morgan fingerprint density at radius 3 is 2.78 bits per heavy atom. The van der Waals surface area contributed by atoms with Gasteiger partial charge in [0.15, 0.2) is 5.82 Å². The maximum absolute atomic E-state index is 5.91. The lowest BCUT2D eigenvalue weighted by atomic mass is 10.1.